The number of nitrogens with zero attached hydrogens (tertiary/aromatic N) is 1. The molecule has 7 rings (SSSR count). The molecule has 44 heavy (non-hydrogen) atoms. The minimum absolute atomic E-state index is 0.0239. The molecule has 1 fully saturated rings. The Morgan fingerprint density at radius 2 is 1.73 bits per heavy atom. The van der Waals surface area contributed by atoms with Crippen LogP contribution in [0.5, 0.6) is 5.75 Å². The molecule has 0 aliphatic heterocycles. The third-order valence-electron chi connectivity index (χ3n) is 8.63. The van der Waals surface area contributed by atoms with Gasteiger partial charge in [-0.2, -0.15) is 0 Å². The molecule has 0 spiro atoms. The highest BCUT2D eigenvalue weighted by atomic mass is 79.9. The normalized spacial score (nSPS) is 21.2. The van der Waals surface area contributed by atoms with E-state index in [2.05, 4.69) is 26.0 Å². The number of alkyl halides is 3. The highest BCUT2D eigenvalue weighted by molar-refractivity contribution is 9.10. The number of fused-ring (bicyclic) bond motifs is 3. The Morgan fingerprint density at radius 3 is 2.39 bits per heavy atom. The van der Waals surface area contributed by atoms with E-state index in [0.717, 1.165) is 16.1 Å². The molecule has 0 saturated heterocycles. The number of hydrogen-bond donors (Lipinski definition) is 2. The predicted octanol–water partition coefficient (Wildman–Crippen LogP) is 8.74. The van der Waals surface area contributed by atoms with Gasteiger partial charge in [0.05, 0.1) is 27.7 Å². The first kappa shape index (κ1) is 30.1. The molecule has 1 saturated carbocycles. The lowest BCUT2D eigenvalue weighted by molar-refractivity contribution is -0.274. The summed E-state index contributed by atoms with van der Waals surface area (Å²) < 4.78 is 45.5. The second-order valence-corrected chi connectivity index (χ2v) is 12.6. The molecule has 1 heterocycles. The van der Waals surface area contributed by atoms with Gasteiger partial charge >= 0.3 is 12.3 Å². The third-order valence-corrected chi connectivity index (χ3v) is 9.36. The maximum Gasteiger partial charge on any atom is 0.573 e. The summed E-state index contributed by atoms with van der Waals surface area (Å²) in [5.74, 6) is -2.07. The molecular formula is C33H25BrClF3N2O4. The Labute approximate surface area is 264 Å². The first-order valence-electron chi connectivity index (χ1n) is 13.8. The number of pyridine rings is 1. The lowest BCUT2D eigenvalue weighted by atomic mass is 9.57. The van der Waals surface area contributed by atoms with E-state index in [1.807, 2.05) is 43.3 Å². The van der Waals surface area contributed by atoms with Crippen LogP contribution in [-0.4, -0.2) is 33.9 Å². The molecule has 2 N–H and O–H groups in total. The van der Waals surface area contributed by atoms with Crippen molar-refractivity contribution in [3.8, 4) is 17.0 Å². The summed E-state index contributed by atoms with van der Waals surface area (Å²) in [5.41, 5.74) is 0.720. The molecule has 226 valence electrons. The lowest BCUT2D eigenvalue weighted by Gasteiger charge is -2.51. The molecule has 2 bridgehead atoms. The summed E-state index contributed by atoms with van der Waals surface area (Å²) in [4.78, 5) is 31.8. The molecule has 4 aromatic rings. The molecular weight excluding hydrogens is 661 g/mol. The summed E-state index contributed by atoms with van der Waals surface area (Å²) in [5, 5.41) is 14.1. The SMILES string of the molecule is Cc1c(-c2ccccc2)nc2ccc(Br)cc2c1C(=O)NC12CCC(C(=O)O)(C=C1c1cc(Cl)ccc1OC(F)(F)F)CC2. The van der Waals surface area contributed by atoms with Gasteiger partial charge in [0, 0.05) is 26.0 Å². The summed E-state index contributed by atoms with van der Waals surface area (Å²) >= 11 is 9.74. The number of nitrogens with one attached hydrogen (secondary N) is 1. The Kier molecular flexibility index (Phi) is 7.49. The van der Waals surface area contributed by atoms with Crippen LogP contribution in [0.15, 0.2) is 77.3 Å². The number of amides is 1. The topological polar surface area (TPSA) is 88.5 Å². The average Bonchev–Trinajstić information content (AvgIpc) is 2.98. The fourth-order valence-electron chi connectivity index (χ4n) is 6.46. The van der Waals surface area contributed by atoms with Crippen molar-refractivity contribution in [3.05, 3.63) is 99.0 Å². The molecule has 3 aliphatic carbocycles. The van der Waals surface area contributed by atoms with Crippen molar-refractivity contribution in [3.63, 3.8) is 0 Å². The first-order valence-corrected chi connectivity index (χ1v) is 15.0. The van der Waals surface area contributed by atoms with E-state index in [1.54, 1.807) is 12.1 Å². The molecule has 11 heteroatoms. The number of rotatable bonds is 6. The molecule has 1 aromatic heterocycles. The second-order valence-electron chi connectivity index (χ2n) is 11.2. The fourth-order valence-corrected chi connectivity index (χ4v) is 6.99. The maximum atomic E-state index is 14.5. The zero-order valence-corrected chi connectivity index (χ0v) is 25.6. The van der Waals surface area contributed by atoms with Crippen LogP contribution in [0.2, 0.25) is 5.02 Å². The molecule has 0 unspecified atom stereocenters. The van der Waals surface area contributed by atoms with Gasteiger partial charge < -0.3 is 15.2 Å². The highest BCUT2D eigenvalue weighted by Gasteiger charge is 2.54. The van der Waals surface area contributed by atoms with Crippen LogP contribution in [0.4, 0.5) is 13.2 Å². The number of carboxylic acids is 1. The summed E-state index contributed by atoms with van der Waals surface area (Å²) in [6.45, 7) is 1.81. The van der Waals surface area contributed by atoms with Gasteiger partial charge in [-0.05, 0) is 80.1 Å². The van der Waals surface area contributed by atoms with E-state index >= 15 is 0 Å². The van der Waals surface area contributed by atoms with Gasteiger partial charge in [0.15, 0.2) is 0 Å². The van der Waals surface area contributed by atoms with Crippen molar-refractivity contribution in [1.82, 2.24) is 10.3 Å². The minimum atomic E-state index is -5.01. The Hall–Kier alpha value is -3.89. The van der Waals surface area contributed by atoms with Gasteiger partial charge in [-0.3, -0.25) is 9.59 Å². The van der Waals surface area contributed by atoms with Crippen LogP contribution in [0.25, 0.3) is 27.7 Å². The molecule has 1 amide bonds. The molecule has 3 aromatic carbocycles. The monoisotopic (exact) mass is 684 g/mol. The smallest absolute Gasteiger partial charge is 0.481 e. The van der Waals surface area contributed by atoms with Crippen molar-refractivity contribution in [2.45, 2.75) is 44.5 Å². The number of carbonyl (C=O) groups is 2. The predicted molar refractivity (Wildman–Crippen MR) is 164 cm³/mol. The zero-order valence-electron chi connectivity index (χ0n) is 23.3. The van der Waals surface area contributed by atoms with E-state index in [-0.39, 0.29) is 41.8 Å². The van der Waals surface area contributed by atoms with Gasteiger partial charge in [-0.15, -0.1) is 13.2 Å². The molecule has 6 nitrogen and oxygen atoms in total. The number of benzene rings is 3. The van der Waals surface area contributed by atoms with Gasteiger partial charge in [0.1, 0.15) is 5.75 Å². The quantitative estimate of drug-likeness (QED) is 0.212. The van der Waals surface area contributed by atoms with Crippen LogP contribution >= 0.6 is 27.5 Å². The number of halogens is 5. The largest absolute Gasteiger partial charge is 0.573 e. The number of carboxylic acid groups (broad SMARTS) is 1. The summed E-state index contributed by atoms with van der Waals surface area (Å²) in [6, 6.07) is 18.6. The number of hydrogen-bond acceptors (Lipinski definition) is 4. The number of carbonyl (C=O) groups excluding carboxylic acids is 1. The highest BCUT2D eigenvalue weighted by Crippen LogP contribution is 2.56. The number of ether oxygens (including phenoxy) is 1. The van der Waals surface area contributed by atoms with Crippen molar-refractivity contribution in [2.24, 2.45) is 5.41 Å². The Bertz CT molecular complexity index is 1850. The van der Waals surface area contributed by atoms with E-state index < -0.39 is 34.9 Å². The number of aromatic nitrogens is 1. The van der Waals surface area contributed by atoms with Crippen LogP contribution in [0.3, 0.4) is 0 Å². The zero-order chi connectivity index (χ0) is 31.4. The van der Waals surface area contributed by atoms with Crippen LogP contribution in [0.1, 0.15) is 47.2 Å². The van der Waals surface area contributed by atoms with Crippen molar-refractivity contribution in [1.29, 1.82) is 0 Å². The maximum absolute atomic E-state index is 14.5. The molecule has 0 radical (unpaired) electrons. The van der Waals surface area contributed by atoms with E-state index in [1.165, 1.54) is 18.2 Å². The van der Waals surface area contributed by atoms with Gasteiger partial charge in [0.2, 0.25) is 0 Å². The van der Waals surface area contributed by atoms with E-state index in [9.17, 15) is 27.9 Å². The van der Waals surface area contributed by atoms with Crippen LogP contribution in [0, 0.1) is 12.3 Å². The van der Waals surface area contributed by atoms with Gasteiger partial charge in [-0.1, -0.05) is 63.9 Å². The first-order chi connectivity index (χ1) is 20.8. The fraction of sp³-hybridized carbons (Fsp3) is 0.242. The summed E-state index contributed by atoms with van der Waals surface area (Å²) in [7, 11) is 0. The van der Waals surface area contributed by atoms with E-state index in [0.29, 0.717) is 27.7 Å². The summed E-state index contributed by atoms with van der Waals surface area (Å²) in [6.07, 6.45) is -2.77. The number of aliphatic carboxylic acids is 1. The molecule has 3 aliphatic rings. The Morgan fingerprint density at radius 1 is 1.02 bits per heavy atom. The minimum Gasteiger partial charge on any atom is -0.481 e. The van der Waals surface area contributed by atoms with Crippen molar-refractivity contribution < 1.29 is 32.6 Å². The van der Waals surface area contributed by atoms with Gasteiger partial charge in [-0.25, -0.2) is 4.98 Å². The van der Waals surface area contributed by atoms with Crippen molar-refractivity contribution in [2.75, 3.05) is 0 Å². The average molecular weight is 686 g/mol. The second kappa shape index (κ2) is 10.9. The third kappa shape index (κ3) is 5.34. The van der Waals surface area contributed by atoms with Crippen molar-refractivity contribution >= 4 is 55.9 Å². The van der Waals surface area contributed by atoms with Crippen LogP contribution in [-0.2, 0) is 4.79 Å². The van der Waals surface area contributed by atoms with Crippen LogP contribution < -0.4 is 10.1 Å². The lowest BCUT2D eigenvalue weighted by Crippen LogP contribution is -2.57. The van der Waals surface area contributed by atoms with E-state index in [4.69, 9.17) is 16.6 Å². The van der Waals surface area contributed by atoms with Gasteiger partial charge in [0.25, 0.3) is 5.91 Å². The molecule has 0 atom stereocenters. The Balaban J connectivity index is 1.52. The standard InChI is InChI=1S/C33H25BrClF3N2O4/c1-18-27(23-15-20(34)7-9-25(23)39-28(18)19-5-3-2-4-6-19)29(41)40-32-13-11-31(12-14-32,30(42)43)17-24(32)22-16-21(35)8-10-26(22)44-33(36,37)38/h2-10,15-17H,11-14H2,1H3,(H,40,41)(H,42,43).